The highest BCUT2D eigenvalue weighted by Crippen LogP contribution is 2.34. The Morgan fingerprint density at radius 3 is 2.67 bits per heavy atom. The summed E-state index contributed by atoms with van der Waals surface area (Å²) in [7, 11) is -3.44. The van der Waals surface area contributed by atoms with Crippen molar-refractivity contribution in [1.82, 2.24) is 34.9 Å². The van der Waals surface area contributed by atoms with Gasteiger partial charge in [-0.05, 0) is 59.2 Å². The zero-order chi connectivity index (χ0) is 29.4. The molecule has 0 atom stereocenters. The highest BCUT2D eigenvalue weighted by atomic mass is 32.2. The molecule has 0 aliphatic rings. The second-order valence-corrected chi connectivity index (χ2v) is 11.6. The number of carbonyl (C=O) groups excluding carboxylic acids is 1. The second kappa shape index (κ2) is 10.8. The monoisotopic (exact) mass is 584 g/mol. The summed E-state index contributed by atoms with van der Waals surface area (Å²) in [5.74, 6) is -0.592. The summed E-state index contributed by atoms with van der Waals surface area (Å²) in [5.41, 5.74) is 6.37. The molecule has 1 aromatic carbocycles. The molecule has 0 saturated heterocycles. The first kappa shape index (κ1) is 27.2. The number of fused-ring (bicyclic) bond motifs is 2. The van der Waals surface area contributed by atoms with Gasteiger partial charge in [-0.15, -0.1) is 0 Å². The number of carbonyl (C=O) groups is 1. The number of sulfonamides is 1. The van der Waals surface area contributed by atoms with Crippen LogP contribution < -0.4 is 10.0 Å². The molecule has 42 heavy (non-hydrogen) atoms. The van der Waals surface area contributed by atoms with Crippen molar-refractivity contribution < 1.29 is 17.6 Å². The van der Waals surface area contributed by atoms with Crippen molar-refractivity contribution in [2.24, 2.45) is 0 Å². The highest BCUT2D eigenvalue weighted by molar-refractivity contribution is 7.88. The van der Waals surface area contributed by atoms with E-state index >= 15 is 0 Å². The third-order valence-corrected chi connectivity index (χ3v) is 7.35. The van der Waals surface area contributed by atoms with Gasteiger partial charge < -0.3 is 10.3 Å². The molecule has 0 unspecified atom stereocenters. The van der Waals surface area contributed by atoms with E-state index in [-0.39, 0.29) is 12.5 Å². The number of H-pyrrole nitrogens is 2. The molecule has 6 aromatic rings. The number of anilines is 1. The largest absolute Gasteiger partial charge is 0.338 e. The van der Waals surface area contributed by atoms with Crippen LogP contribution in [0.25, 0.3) is 55.7 Å². The summed E-state index contributed by atoms with van der Waals surface area (Å²) >= 11 is 0. The van der Waals surface area contributed by atoms with E-state index in [9.17, 15) is 17.6 Å². The molecule has 1 amide bonds. The maximum atomic E-state index is 14.6. The van der Waals surface area contributed by atoms with Gasteiger partial charge in [-0.1, -0.05) is 6.92 Å². The van der Waals surface area contributed by atoms with Gasteiger partial charge >= 0.3 is 0 Å². The van der Waals surface area contributed by atoms with Gasteiger partial charge in [-0.25, -0.2) is 22.5 Å². The lowest BCUT2D eigenvalue weighted by Gasteiger charge is -2.08. The third-order valence-electron chi connectivity index (χ3n) is 6.68. The van der Waals surface area contributed by atoms with Crippen LogP contribution in [-0.2, 0) is 21.4 Å². The summed E-state index contributed by atoms with van der Waals surface area (Å²) in [6, 6.07) is 11.8. The summed E-state index contributed by atoms with van der Waals surface area (Å²) in [4.78, 5) is 28.4. The molecule has 0 fully saturated rings. The van der Waals surface area contributed by atoms with E-state index in [2.05, 4.69) is 40.2 Å². The van der Waals surface area contributed by atoms with Crippen LogP contribution in [0.15, 0.2) is 67.3 Å². The third kappa shape index (κ3) is 5.60. The molecule has 0 bridgehead atoms. The number of hydrogen-bond acceptors (Lipinski definition) is 7. The predicted octanol–water partition coefficient (Wildman–Crippen LogP) is 4.77. The quantitative estimate of drug-likeness (QED) is 0.201. The Labute approximate surface area is 239 Å². The fraction of sp³-hybridized carbons (Fsp3) is 0.138. The average Bonchev–Trinajstić information content (AvgIpc) is 3.59. The number of rotatable bonds is 8. The minimum atomic E-state index is -3.44. The maximum Gasteiger partial charge on any atom is 0.224 e. The Morgan fingerprint density at radius 2 is 1.86 bits per heavy atom. The minimum absolute atomic E-state index is 0.0325. The molecule has 0 aliphatic carbocycles. The number of amides is 1. The molecule has 6 rings (SSSR count). The number of benzene rings is 1. The van der Waals surface area contributed by atoms with Gasteiger partial charge in [-0.3, -0.25) is 19.9 Å². The molecule has 212 valence electrons. The number of aromatic amines is 2. The smallest absolute Gasteiger partial charge is 0.224 e. The fourth-order valence-corrected chi connectivity index (χ4v) is 5.14. The lowest BCUT2D eigenvalue weighted by atomic mass is 10.0. The van der Waals surface area contributed by atoms with E-state index in [0.717, 1.165) is 33.7 Å². The average molecular weight is 585 g/mol. The van der Waals surface area contributed by atoms with Gasteiger partial charge in [0.2, 0.25) is 15.9 Å². The number of aromatic nitrogens is 6. The number of pyridine rings is 3. The van der Waals surface area contributed by atoms with E-state index in [4.69, 9.17) is 0 Å². The molecular formula is C29H25FN8O3S. The van der Waals surface area contributed by atoms with Gasteiger partial charge in [0.25, 0.3) is 0 Å². The molecular weight excluding hydrogens is 559 g/mol. The van der Waals surface area contributed by atoms with Crippen LogP contribution in [0.2, 0.25) is 0 Å². The Bertz CT molecular complexity index is 2090. The van der Waals surface area contributed by atoms with E-state index < -0.39 is 15.8 Å². The predicted molar refractivity (Wildman–Crippen MR) is 158 cm³/mol. The SMILES string of the molecule is CCC(=O)Nc1cncc(-c2cc3c(-c4cc5c(-c6cc(F)cc(CNS(C)(=O)=O)c6)ccnc5[nH]4)n[nH]c3cn2)c1. The van der Waals surface area contributed by atoms with Crippen molar-refractivity contribution in [2.45, 2.75) is 19.9 Å². The standard InChI is InChI=1S/C29H25FN8O3S/c1-3-27(39)35-20-9-18(13-31-14-20)24-11-23-26(15-33-24)37-38-28(23)25-10-22-21(4-5-32-29(22)36-25)17-6-16(7-19(30)8-17)12-34-42(2,40)41/h4-11,13-15,34H,3,12H2,1-2H3,(H,32,36)(H,35,39)(H,37,38). The van der Waals surface area contributed by atoms with Crippen LogP contribution in [0, 0.1) is 5.82 Å². The summed E-state index contributed by atoms with van der Waals surface area (Å²) < 4.78 is 40.1. The van der Waals surface area contributed by atoms with Crippen LogP contribution in [0.5, 0.6) is 0 Å². The zero-order valence-electron chi connectivity index (χ0n) is 22.6. The molecule has 0 radical (unpaired) electrons. The minimum Gasteiger partial charge on any atom is -0.338 e. The topological polar surface area (TPSA) is 158 Å². The van der Waals surface area contributed by atoms with Crippen molar-refractivity contribution in [3.63, 3.8) is 0 Å². The molecule has 11 nitrogen and oxygen atoms in total. The molecule has 5 heterocycles. The van der Waals surface area contributed by atoms with Crippen LogP contribution >= 0.6 is 0 Å². The first-order valence-corrected chi connectivity index (χ1v) is 14.9. The van der Waals surface area contributed by atoms with Crippen LogP contribution in [-0.4, -0.2) is 50.7 Å². The van der Waals surface area contributed by atoms with Crippen molar-refractivity contribution in [1.29, 1.82) is 0 Å². The number of halogens is 1. The van der Waals surface area contributed by atoms with Crippen LogP contribution in [0.1, 0.15) is 18.9 Å². The maximum absolute atomic E-state index is 14.6. The van der Waals surface area contributed by atoms with E-state index in [1.807, 2.05) is 18.2 Å². The summed E-state index contributed by atoms with van der Waals surface area (Å²) in [6.07, 6.45) is 7.97. The van der Waals surface area contributed by atoms with E-state index in [0.29, 0.717) is 46.0 Å². The first-order valence-electron chi connectivity index (χ1n) is 13.0. The highest BCUT2D eigenvalue weighted by Gasteiger charge is 2.16. The lowest BCUT2D eigenvalue weighted by Crippen LogP contribution is -2.21. The van der Waals surface area contributed by atoms with Gasteiger partial charge in [0.15, 0.2) is 0 Å². The van der Waals surface area contributed by atoms with Gasteiger partial charge in [0, 0.05) is 41.7 Å². The Hall–Kier alpha value is -5.01. The van der Waals surface area contributed by atoms with Gasteiger partial charge in [0.05, 0.1) is 41.2 Å². The normalized spacial score (nSPS) is 11.8. The van der Waals surface area contributed by atoms with Crippen molar-refractivity contribution in [3.05, 3.63) is 78.6 Å². The Balaban J connectivity index is 1.39. The summed E-state index contributed by atoms with van der Waals surface area (Å²) in [5, 5.41) is 11.9. The van der Waals surface area contributed by atoms with Crippen molar-refractivity contribution in [3.8, 4) is 33.8 Å². The second-order valence-electron chi connectivity index (χ2n) is 9.80. The Morgan fingerprint density at radius 1 is 1.00 bits per heavy atom. The van der Waals surface area contributed by atoms with Crippen LogP contribution in [0.4, 0.5) is 10.1 Å². The summed E-state index contributed by atoms with van der Waals surface area (Å²) in [6.45, 7) is 1.75. The van der Waals surface area contributed by atoms with Gasteiger partial charge in [0.1, 0.15) is 17.2 Å². The lowest BCUT2D eigenvalue weighted by molar-refractivity contribution is -0.115. The van der Waals surface area contributed by atoms with Crippen LogP contribution in [0.3, 0.4) is 0 Å². The number of hydrogen-bond donors (Lipinski definition) is 4. The zero-order valence-corrected chi connectivity index (χ0v) is 23.4. The van der Waals surface area contributed by atoms with E-state index in [1.54, 1.807) is 43.8 Å². The molecule has 13 heteroatoms. The molecule has 0 saturated carbocycles. The van der Waals surface area contributed by atoms with E-state index in [1.165, 1.54) is 12.1 Å². The number of nitrogens with one attached hydrogen (secondary N) is 4. The molecule has 5 aromatic heterocycles. The first-order chi connectivity index (χ1) is 20.2. The molecule has 4 N–H and O–H groups in total. The Kier molecular flexibility index (Phi) is 6.96. The van der Waals surface area contributed by atoms with Crippen molar-refractivity contribution in [2.75, 3.05) is 11.6 Å². The van der Waals surface area contributed by atoms with Crippen molar-refractivity contribution >= 4 is 43.6 Å². The fourth-order valence-electron chi connectivity index (χ4n) is 4.71. The molecule has 0 aliphatic heterocycles. The van der Waals surface area contributed by atoms with Gasteiger partial charge in [-0.2, -0.15) is 5.10 Å². The number of nitrogens with zero attached hydrogens (tertiary/aromatic N) is 4. The molecule has 0 spiro atoms.